The molecule has 1 saturated heterocycles. The zero-order valence-corrected chi connectivity index (χ0v) is 11.4. The topological polar surface area (TPSA) is 47.4 Å². The molecule has 5 nitrogen and oxygen atoms in total. The minimum atomic E-state index is -0.199. The van der Waals surface area contributed by atoms with Crippen LogP contribution in [-0.4, -0.2) is 46.7 Å². The quantitative estimate of drug-likeness (QED) is 0.820. The summed E-state index contributed by atoms with van der Waals surface area (Å²) < 4.78 is 7.67. The van der Waals surface area contributed by atoms with Gasteiger partial charge in [-0.1, -0.05) is 0 Å². The third kappa shape index (κ3) is 2.66. The Labute approximate surface area is 113 Å². The van der Waals surface area contributed by atoms with Gasteiger partial charge in [0.1, 0.15) is 11.9 Å². The number of fused-ring (bicyclic) bond motifs is 1. The fourth-order valence-corrected chi connectivity index (χ4v) is 3.07. The van der Waals surface area contributed by atoms with Crippen LogP contribution in [0.2, 0.25) is 0 Å². The molecule has 1 amide bonds. The third-order valence-corrected chi connectivity index (χ3v) is 4.16. The molecule has 0 spiro atoms. The van der Waals surface area contributed by atoms with Crippen LogP contribution in [0.15, 0.2) is 12.4 Å². The molecule has 19 heavy (non-hydrogen) atoms. The Kier molecular flexibility index (Phi) is 3.55. The number of hydrogen-bond donors (Lipinski definition) is 0. The van der Waals surface area contributed by atoms with Crippen LogP contribution in [0.3, 0.4) is 0 Å². The molecule has 0 bridgehead atoms. The molecular formula is C14H21N3O2. The molecule has 0 radical (unpaired) electrons. The predicted octanol–water partition coefficient (Wildman–Crippen LogP) is 1.08. The van der Waals surface area contributed by atoms with Crippen LogP contribution < -0.4 is 0 Å². The SMILES string of the molecule is CN(CC1CCn2ccnc2C1)C(=O)[C@@H]1CCCO1. The van der Waals surface area contributed by atoms with E-state index in [0.717, 1.165) is 51.2 Å². The molecule has 0 saturated carbocycles. The van der Waals surface area contributed by atoms with Crippen molar-refractivity contribution in [3.8, 4) is 0 Å². The van der Waals surface area contributed by atoms with Crippen molar-refractivity contribution in [2.24, 2.45) is 5.92 Å². The van der Waals surface area contributed by atoms with E-state index in [1.807, 2.05) is 24.3 Å². The van der Waals surface area contributed by atoms with E-state index in [9.17, 15) is 4.79 Å². The summed E-state index contributed by atoms with van der Waals surface area (Å²) in [5, 5.41) is 0. The Bertz CT molecular complexity index is 451. The first-order valence-electron chi connectivity index (χ1n) is 7.10. The van der Waals surface area contributed by atoms with E-state index >= 15 is 0 Å². The van der Waals surface area contributed by atoms with E-state index in [1.165, 1.54) is 0 Å². The van der Waals surface area contributed by atoms with Gasteiger partial charge in [-0.05, 0) is 25.2 Å². The van der Waals surface area contributed by atoms with Gasteiger partial charge in [-0.3, -0.25) is 4.79 Å². The lowest BCUT2D eigenvalue weighted by atomic mass is 9.97. The van der Waals surface area contributed by atoms with Crippen LogP contribution in [0, 0.1) is 5.92 Å². The zero-order valence-electron chi connectivity index (χ0n) is 11.4. The number of amides is 1. The molecule has 2 aliphatic rings. The van der Waals surface area contributed by atoms with Gasteiger partial charge in [0.2, 0.25) is 0 Å². The maximum atomic E-state index is 12.2. The summed E-state index contributed by atoms with van der Waals surface area (Å²) in [6, 6.07) is 0. The van der Waals surface area contributed by atoms with Crippen molar-refractivity contribution in [1.29, 1.82) is 0 Å². The van der Waals surface area contributed by atoms with Gasteiger partial charge < -0.3 is 14.2 Å². The Morgan fingerprint density at radius 2 is 2.47 bits per heavy atom. The second kappa shape index (κ2) is 5.33. The lowest BCUT2D eigenvalue weighted by Gasteiger charge is -2.29. The molecule has 1 aromatic rings. The maximum Gasteiger partial charge on any atom is 0.251 e. The van der Waals surface area contributed by atoms with Gasteiger partial charge in [-0.2, -0.15) is 0 Å². The van der Waals surface area contributed by atoms with Gasteiger partial charge in [0.25, 0.3) is 5.91 Å². The summed E-state index contributed by atoms with van der Waals surface area (Å²) in [6.45, 7) is 2.55. The lowest BCUT2D eigenvalue weighted by molar-refractivity contribution is -0.140. The van der Waals surface area contributed by atoms with E-state index in [-0.39, 0.29) is 12.0 Å². The van der Waals surface area contributed by atoms with Crippen molar-refractivity contribution >= 4 is 5.91 Å². The summed E-state index contributed by atoms with van der Waals surface area (Å²) in [5.74, 6) is 1.81. The summed E-state index contributed by atoms with van der Waals surface area (Å²) >= 11 is 0. The molecule has 1 unspecified atom stereocenters. The molecule has 0 aromatic carbocycles. The third-order valence-electron chi connectivity index (χ3n) is 4.16. The molecule has 104 valence electrons. The number of rotatable bonds is 3. The zero-order chi connectivity index (χ0) is 13.2. The normalized spacial score (nSPS) is 26.2. The first kappa shape index (κ1) is 12.7. The maximum absolute atomic E-state index is 12.2. The van der Waals surface area contributed by atoms with E-state index in [1.54, 1.807) is 0 Å². The number of aromatic nitrogens is 2. The molecule has 5 heteroatoms. The number of hydrogen-bond acceptors (Lipinski definition) is 3. The minimum absolute atomic E-state index is 0.145. The predicted molar refractivity (Wildman–Crippen MR) is 70.6 cm³/mol. The fraction of sp³-hybridized carbons (Fsp3) is 0.714. The largest absolute Gasteiger partial charge is 0.368 e. The van der Waals surface area contributed by atoms with Crippen LogP contribution in [-0.2, 0) is 22.5 Å². The first-order chi connectivity index (χ1) is 9.24. The standard InChI is InChI=1S/C14H21N3O2/c1-16(14(18)12-3-2-8-19-12)10-11-4-6-17-7-5-15-13(17)9-11/h5,7,11-12H,2-4,6,8-10H2,1H3/t11?,12-/m0/s1. The highest BCUT2D eigenvalue weighted by atomic mass is 16.5. The van der Waals surface area contributed by atoms with E-state index < -0.39 is 0 Å². The second-order valence-electron chi connectivity index (χ2n) is 5.62. The molecule has 1 fully saturated rings. The van der Waals surface area contributed by atoms with Crippen LogP contribution in [0.4, 0.5) is 0 Å². The van der Waals surface area contributed by atoms with Gasteiger partial charge >= 0.3 is 0 Å². The van der Waals surface area contributed by atoms with Crippen molar-refractivity contribution in [2.45, 2.75) is 38.3 Å². The first-order valence-corrected chi connectivity index (χ1v) is 7.10. The number of carbonyl (C=O) groups is 1. The Morgan fingerprint density at radius 3 is 3.26 bits per heavy atom. The van der Waals surface area contributed by atoms with Crippen molar-refractivity contribution < 1.29 is 9.53 Å². The highest BCUT2D eigenvalue weighted by Gasteiger charge is 2.28. The number of carbonyl (C=O) groups excluding carboxylic acids is 1. The molecular weight excluding hydrogens is 242 g/mol. The van der Waals surface area contributed by atoms with E-state index in [4.69, 9.17) is 4.74 Å². The summed E-state index contributed by atoms with van der Waals surface area (Å²) in [5.41, 5.74) is 0. The van der Waals surface area contributed by atoms with E-state index in [0.29, 0.717) is 5.92 Å². The summed E-state index contributed by atoms with van der Waals surface area (Å²) in [7, 11) is 1.89. The number of ether oxygens (including phenoxy) is 1. The smallest absolute Gasteiger partial charge is 0.251 e. The highest BCUT2D eigenvalue weighted by molar-refractivity contribution is 5.80. The van der Waals surface area contributed by atoms with Crippen LogP contribution in [0.1, 0.15) is 25.1 Å². The van der Waals surface area contributed by atoms with Crippen molar-refractivity contribution in [1.82, 2.24) is 14.5 Å². The van der Waals surface area contributed by atoms with Crippen LogP contribution in [0.25, 0.3) is 0 Å². The second-order valence-corrected chi connectivity index (χ2v) is 5.62. The van der Waals surface area contributed by atoms with Gasteiger partial charge in [0.15, 0.2) is 0 Å². The molecule has 2 aliphatic heterocycles. The van der Waals surface area contributed by atoms with Crippen molar-refractivity contribution in [3.05, 3.63) is 18.2 Å². The molecule has 0 N–H and O–H groups in total. The Balaban J connectivity index is 1.55. The van der Waals surface area contributed by atoms with Gasteiger partial charge in [0.05, 0.1) is 0 Å². The number of aryl methyl sites for hydroxylation is 1. The van der Waals surface area contributed by atoms with Crippen LogP contribution >= 0.6 is 0 Å². The Hall–Kier alpha value is -1.36. The molecule has 2 atom stereocenters. The van der Waals surface area contributed by atoms with Crippen molar-refractivity contribution in [3.63, 3.8) is 0 Å². The molecule has 3 rings (SSSR count). The fourth-order valence-electron chi connectivity index (χ4n) is 3.07. The number of nitrogens with zero attached hydrogens (tertiary/aromatic N) is 3. The number of imidazole rings is 1. The minimum Gasteiger partial charge on any atom is -0.368 e. The summed E-state index contributed by atoms with van der Waals surface area (Å²) in [4.78, 5) is 18.4. The monoisotopic (exact) mass is 263 g/mol. The average molecular weight is 263 g/mol. The Morgan fingerprint density at radius 1 is 1.58 bits per heavy atom. The average Bonchev–Trinajstić information content (AvgIpc) is 3.08. The van der Waals surface area contributed by atoms with Gasteiger partial charge in [0, 0.05) is 45.6 Å². The van der Waals surface area contributed by atoms with E-state index in [2.05, 4.69) is 9.55 Å². The molecule has 0 aliphatic carbocycles. The van der Waals surface area contributed by atoms with Crippen molar-refractivity contribution in [2.75, 3.05) is 20.2 Å². The highest BCUT2D eigenvalue weighted by Crippen LogP contribution is 2.21. The van der Waals surface area contributed by atoms with Crippen LogP contribution in [0.5, 0.6) is 0 Å². The van der Waals surface area contributed by atoms with Gasteiger partial charge in [-0.25, -0.2) is 4.98 Å². The summed E-state index contributed by atoms with van der Waals surface area (Å²) in [6.07, 6.45) is 7.66. The molecule has 3 heterocycles. The van der Waals surface area contributed by atoms with Gasteiger partial charge in [-0.15, -0.1) is 0 Å². The molecule has 1 aromatic heterocycles. The number of likely N-dealkylation sites (N-methyl/N-ethyl adjacent to an activating group) is 1. The lowest BCUT2D eigenvalue weighted by Crippen LogP contribution is -2.40.